The van der Waals surface area contributed by atoms with Crippen molar-refractivity contribution in [2.75, 3.05) is 24.6 Å². The molecule has 3 aliphatic rings. The van der Waals surface area contributed by atoms with E-state index >= 15 is 0 Å². The zero-order valence-corrected chi connectivity index (χ0v) is 24.5. The molecule has 2 aliphatic heterocycles. The van der Waals surface area contributed by atoms with E-state index in [9.17, 15) is 15.0 Å². The average Bonchev–Trinajstić information content (AvgIpc) is 3.08. The molecule has 2 aromatic rings. The van der Waals surface area contributed by atoms with Gasteiger partial charge in [0.1, 0.15) is 5.75 Å². The van der Waals surface area contributed by atoms with Crippen LogP contribution in [0.3, 0.4) is 0 Å². The molecule has 2 aromatic carbocycles. The fourth-order valence-electron chi connectivity index (χ4n) is 6.33. The molecule has 1 amide bonds. The molecular formula is C31H41ClN2O4S. The molecule has 0 radical (unpaired) electrons. The molecule has 8 heteroatoms. The Balaban J connectivity index is 1.49. The van der Waals surface area contributed by atoms with Crippen molar-refractivity contribution in [1.82, 2.24) is 4.72 Å². The lowest BCUT2D eigenvalue weighted by atomic mass is 9.69. The van der Waals surface area contributed by atoms with Crippen LogP contribution in [0, 0.1) is 11.8 Å². The van der Waals surface area contributed by atoms with Gasteiger partial charge in [0, 0.05) is 34.8 Å². The molecule has 2 bridgehead atoms. The Morgan fingerprint density at radius 3 is 2.67 bits per heavy atom. The van der Waals surface area contributed by atoms with Crippen molar-refractivity contribution in [3.8, 4) is 5.75 Å². The average molecular weight is 573 g/mol. The van der Waals surface area contributed by atoms with Gasteiger partial charge in [-0.3, -0.25) is 9.52 Å². The van der Waals surface area contributed by atoms with Gasteiger partial charge < -0.3 is 19.8 Å². The maximum absolute atomic E-state index is 13.1. The van der Waals surface area contributed by atoms with E-state index in [0.29, 0.717) is 30.9 Å². The number of aliphatic hydroxyl groups excluding tert-OH is 2. The summed E-state index contributed by atoms with van der Waals surface area (Å²) in [6, 6.07) is 11.9. The van der Waals surface area contributed by atoms with Crippen LogP contribution in [0.25, 0.3) is 0 Å². The summed E-state index contributed by atoms with van der Waals surface area (Å²) in [5.41, 5.74) is 4.05. The highest BCUT2D eigenvalue weighted by atomic mass is 35.5. The molecule has 1 fully saturated rings. The molecule has 2 heterocycles. The summed E-state index contributed by atoms with van der Waals surface area (Å²) in [7, 11) is 0. The number of halogens is 1. The second-order valence-electron chi connectivity index (χ2n) is 11.5. The van der Waals surface area contributed by atoms with Crippen LogP contribution in [-0.2, 0) is 6.42 Å². The Bertz CT molecular complexity index is 1160. The lowest BCUT2D eigenvalue weighted by molar-refractivity contribution is 0.00743. The number of fused-ring (bicyclic) bond motifs is 2. The lowest BCUT2D eigenvalue weighted by Gasteiger charge is -2.43. The van der Waals surface area contributed by atoms with Crippen molar-refractivity contribution in [2.24, 2.45) is 11.8 Å². The van der Waals surface area contributed by atoms with Crippen LogP contribution in [-0.4, -0.2) is 53.3 Å². The summed E-state index contributed by atoms with van der Waals surface area (Å²) < 4.78 is 9.35. The largest absolute Gasteiger partial charge is 0.491 e. The van der Waals surface area contributed by atoms with Gasteiger partial charge in [-0.25, -0.2) is 0 Å². The van der Waals surface area contributed by atoms with Crippen molar-refractivity contribution >= 4 is 35.1 Å². The second kappa shape index (κ2) is 12.7. The summed E-state index contributed by atoms with van der Waals surface area (Å²) in [5, 5.41) is 22.3. The zero-order valence-electron chi connectivity index (χ0n) is 22.9. The van der Waals surface area contributed by atoms with Gasteiger partial charge in [0.25, 0.3) is 5.91 Å². The van der Waals surface area contributed by atoms with E-state index in [1.165, 1.54) is 23.1 Å². The summed E-state index contributed by atoms with van der Waals surface area (Å²) in [4.78, 5) is 15.5. The molecule has 212 valence electrons. The highest BCUT2D eigenvalue weighted by Gasteiger charge is 2.38. The van der Waals surface area contributed by atoms with Crippen molar-refractivity contribution in [3.05, 3.63) is 58.1 Å². The quantitative estimate of drug-likeness (QED) is 0.393. The monoisotopic (exact) mass is 572 g/mol. The van der Waals surface area contributed by atoms with Crippen LogP contribution >= 0.6 is 23.5 Å². The van der Waals surface area contributed by atoms with Gasteiger partial charge >= 0.3 is 0 Å². The van der Waals surface area contributed by atoms with Gasteiger partial charge in [0.2, 0.25) is 0 Å². The number of nitrogens with zero attached hydrogens (tertiary/aromatic N) is 1. The number of ether oxygens (including phenoxy) is 1. The van der Waals surface area contributed by atoms with Crippen LogP contribution in [0.5, 0.6) is 5.75 Å². The molecule has 39 heavy (non-hydrogen) atoms. The molecule has 1 aliphatic carbocycles. The Labute approximate surface area is 241 Å². The summed E-state index contributed by atoms with van der Waals surface area (Å²) in [6.45, 7) is 6.24. The number of anilines is 1. The molecular weight excluding hydrogens is 532 g/mol. The van der Waals surface area contributed by atoms with Gasteiger partial charge in [-0.1, -0.05) is 31.0 Å². The van der Waals surface area contributed by atoms with E-state index in [1.54, 1.807) is 0 Å². The molecule has 5 rings (SSSR count). The minimum atomic E-state index is -0.536. The Hall–Kier alpha value is -1.93. The number of nitrogens with one attached hydrogen (secondary N) is 1. The molecule has 0 spiro atoms. The zero-order chi connectivity index (χ0) is 27.5. The number of amides is 1. The lowest BCUT2D eigenvalue weighted by Crippen LogP contribution is -2.44. The first-order valence-electron chi connectivity index (χ1n) is 14.5. The van der Waals surface area contributed by atoms with Crippen LogP contribution in [0.1, 0.15) is 79.8 Å². The molecule has 0 saturated heterocycles. The SMILES string of the molecule is CCCc1cc(Cl)ccc1C1COc2ccc3cc2N(C1)CC1CCC1C(O)CCCC(O)C(C)SNC3=O. The minimum absolute atomic E-state index is 0.145. The van der Waals surface area contributed by atoms with Crippen molar-refractivity contribution < 1.29 is 19.7 Å². The van der Waals surface area contributed by atoms with E-state index in [0.717, 1.165) is 61.7 Å². The molecule has 1 saturated carbocycles. The number of aryl methyl sites for hydroxylation is 1. The first-order valence-corrected chi connectivity index (χ1v) is 15.7. The third-order valence-electron chi connectivity index (χ3n) is 8.81. The molecule has 6 nitrogen and oxygen atoms in total. The third-order valence-corrected chi connectivity index (χ3v) is 10.0. The molecule has 6 unspecified atom stereocenters. The smallest absolute Gasteiger partial charge is 0.261 e. The van der Waals surface area contributed by atoms with Crippen molar-refractivity contribution in [2.45, 2.75) is 82.2 Å². The van der Waals surface area contributed by atoms with Crippen LogP contribution in [0.15, 0.2) is 36.4 Å². The highest BCUT2D eigenvalue weighted by molar-refractivity contribution is 7.98. The maximum atomic E-state index is 13.1. The minimum Gasteiger partial charge on any atom is -0.491 e. The van der Waals surface area contributed by atoms with Gasteiger partial charge in [-0.2, -0.15) is 0 Å². The Morgan fingerprint density at radius 2 is 1.90 bits per heavy atom. The molecule has 3 N–H and O–H groups in total. The summed E-state index contributed by atoms with van der Waals surface area (Å²) >= 11 is 7.64. The summed E-state index contributed by atoms with van der Waals surface area (Å²) in [5.74, 6) is 1.39. The number of rotatable bonds is 3. The molecule has 6 atom stereocenters. The van der Waals surface area contributed by atoms with Gasteiger partial charge in [0.05, 0.1) is 24.5 Å². The second-order valence-corrected chi connectivity index (χ2v) is 13.1. The van der Waals surface area contributed by atoms with Crippen LogP contribution < -0.4 is 14.4 Å². The fraction of sp³-hybridized carbons (Fsp3) is 0.581. The van der Waals surface area contributed by atoms with E-state index in [2.05, 4.69) is 28.7 Å². The topological polar surface area (TPSA) is 82.0 Å². The van der Waals surface area contributed by atoms with Crippen molar-refractivity contribution in [1.29, 1.82) is 0 Å². The Kier molecular flexibility index (Phi) is 9.32. The number of carbonyl (C=O) groups excluding carboxylic acids is 1. The maximum Gasteiger partial charge on any atom is 0.261 e. The first kappa shape index (κ1) is 28.6. The predicted molar refractivity (Wildman–Crippen MR) is 159 cm³/mol. The first-order chi connectivity index (χ1) is 18.8. The van der Waals surface area contributed by atoms with Crippen molar-refractivity contribution in [3.63, 3.8) is 0 Å². The number of benzene rings is 2. The molecule has 0 aromatic heterocycles. The van der Waals surface area contributed by atoms with E-state index in [1.807, 2.05) is 31.2 Å². The number of hydrogen-bond acceptors (Lipinski definition) is 6. The number of hydrogen-bond donors (Lipinski definition) is 3. The third kappa shape index (κ3) is 6.53. The Morgan fingerprint density at radius 1 is 1.08 bits per heavy atom. The highest BCUT2D eigenvalue weighted by Crippen LogP contribution is 2.43. The van der Waals surface area contributed by atoms with E-state index < -0.39 is 6.10 Å². The van der Waals surface area contributed by atoms with Gasteiger partial charge in [-0.05, 0) is 111 Å². The van der Waals surface area contributed by atoms with Gasteiger partial charge in [0.15, 0.2) is 0 Å². The van der Waals surface area contributed by atoms with E-state index in [-0.39, 0.29) is 29.1 Å². The van der Waals surface area contributed by atoms with Crippen LogP contribution in [0.2, 0.25) is 5.02 Å². The fourth-order valence-corrected chi connectivity index (χ4v) is 7.23. The normalized spacial score (nSPS) is 29.9. The van der Waals surface area contributed by atoms with Gasteiger partial charge in [-0.15, -0.1) is 0 Å². The predicted octanol–water partition coefficient (Wildman–Crippen LogP) is 5.97. The summed E-state index contributed by atoms with van der Waals surface area (Å²) in [6.07, 6.45) is 5.30. The van der Waals surface area contributed by atoms with E-state index in [4.69, 9.17) is 16.3 Å². The standard InChI is InChI=1S/C31H41ClN2O4S/c1-3-5-20-14-24(32)10-12-25(20)23-17-34-16-22-8-11-26(22)29(36)7-4-6-28(35)19(2)39-33-31(37)21-9-13-30(38-18-23)27(34)15-21/h9-10,12-15,19,22-23,26,28-29,35-36H,3-8,11,16-18H2,1-2H3,(H,33,37). The number of aliphatic hydroxyl groups is 2. The van der Waals surface area contributed by atoms with Crippen LogP contribution in [0.4, 0.5) is 5.69 Å². The number of carbonyl (C=O) groups is 1.